The van der Waals surface area contributed by atoms with E-state index in [9.17, 15) is 0 Å². The molecule has 0 saturated heterocycles. The van der Waals surface area contributed by atoms with Crippen LogP contribution >= 0.6 is 20.1 Å². The van der Waals surface area contributed by atoms with Gasteiger partial charge in [0.05, 0.1) is 0 Å². The van der Waals surface area contributed by atoms with Gasteiger partial charge in [-0.05, 0) is 11.8 Å². The molecule has 0 spiro atoms. The van der Waals surface area contributed by atoms with Crippen LogP contribution in [0.4, 0.5) is 0 Å². The second-order valence-electron chi connectivity index (χ2n) is 3.84. The van der Waals surface area contributed by atoms with Crippen LogP contribution < -0.4 is 24.8 Å². The Labute approximate surface area is 142 Å². The van der Waals surface area contributed by atoms with E-state index < -0.39 is 12.3 Å². The molecule has 0 heterocycles. The van der Waals surface area contributed by atoms with Gasteiger partial charge in [-0.3, -0.25) is 0 Å². The molecule has 6 heteroatoms. The van der Waals surface area contributed by atoms with Gasteiger partial charge in [0, 0.05) is 0 Å². The molecular formula is C10H21AlCl4Mg. The maximum Gasteiger partial charge on any atom is 2.00 e. The first-order valence-electron chi connectivity index (χ1n) is 5.38. The smallest absolute Gasteiger partial charge is 1.00 e. The van der Waals surface area contributed by atoms with Crippen LogP contribution in [0, 0.1) is 5.41 Å². The van der Waals surface area contributed by atoms with Crippen LogP contribution in [0.1, 0.15) is 52.9 Å². The van der Waals surface area contributed by atoms with Gasteiger partial charge in [0.15, 0.2) is 0 Å². The van der Waals surface area contributed by atoms with Crippen molar-refractivity contribution in [1.82, 2.24) is 0 Å². The molecule has 0 aliphatic carbocycles. The van der Waals surface area contributed by atoms with Crippen molar-refractivity contribution in [3.8, 4) is 0 Å². The fourth-order valence-electron chi connectivity index (χ4n) is 1.91. The molecule has 0 fully saturated rings. The molecule has 94 valence electrons. The first-order chi connectivity index (χ1) is 6.10. The fourth-order valence-corrected chi connectivity index (χ4v) is 3.35. The third-order valence-electron chi connectivity index (χ3n) is 3.38. The van der Waals surface area contributed by atoms with E-state index in [0.717, 1.165) is 5.28 Å². The number of hydrogen-bond donors (Lipinski definition) is 0. The predicted octanol–water partition coefficient (Wildman–Crippen LogP) is -1.42. The van der Waals surface area contributed by atoms with Crippen molar-refractivity contribution in [1.29, 1.82) is 0 Å². The molecule has 0 aromatic heterocycles. The van der Waals surface area contributed by atoms with Crippen molar-refractivity contribution in [2.45, 2.75) is 58.2 Å². The number of rotatable bonds is 7. The molecule has 0 atom stereocenters. The average Bonchev–Trinajstić information content (AvgIpc) is 2.13. The number of halogens is 4. The fraction of sp³-hybridized carbons (Fsp3) is 1.00. The zero-order chi connectivity index (χ0) is 10.3. The van der Waals surface area contributed by atoms with Gasteiger partial charge in [0.25, 0.3) is 0 Å². The Morgan fingerprint density at radius 1 is 0.938 bits per heavy atom. The normalized spacial score (nSPS) is 9.56. The summed E-state index contributed by atoms with van der Waals surface area (Å²) in [4.78, 5) is 0. The Kier molecular flexibility index (Phi) is 26.1. The summed E-state index contributed by atoms with van der Waals surface area (Å²) in [6.07, 6.45) is 6.39. The molecule has 0 N–H and O–H groups in total. The molecule has 0 aromatic carbocycles. The topological polar surface area (TPSA) is 0 Å². The molecule has 0 amide bonds. The average molecular weight is 334 g/mol. The molecule has 0 radical (unpaired) electrons. The van der Waals surface area contributed by atoms with Gasteiger partial charge in [-0.15, -0.1) is 0 Å². The van der Waals surface area contributed by atoms with Crippen molar-refractivity contribution >= 4 is 55.5 Å². The zero-order valence-corrected chi connectivity index (χ0v) is 16.1. The van der Waals surface area contributed by atoms with Gasteiger partial charge >= 0.3 is 35.4 Å². The second kappa shape index (κ2) is 15.5. The molecule has 0 rings (SSSR count). The standard InChI is InChI=1S/C10H21.Al.4ClH.Mg/c1-5-9-10(6-2,7-3)8-4;;;;;;/h1,5-9H2,2-4H3;;4*1H;/q;+2;;;;;+2/p-4. The van der Waals surface area contributed by atoms with Crippen LogP contribution in [0.15, 0.2) is 0 Å². The van der Waals surface area contributed by atoms with Crippen LogP contribution in [-0.2, 0) is 0 Å². The molecule has 0 aromatic rings. The van der Waals surface area contributed by atoms with E-state index in [1.165, 1.54) is 32.1 Å². The Hall–Kier alpha value is 2.46. The van der Waals surface area contributed by atoms with Gasteiger partial charge in [0.1, 0.15) is 0 Å². The van der Waals surface area contributed by atoms with Gasteiger partial charge in [-0.25, -0.2) is 20.1 Å². The molecule has 0 aliphatic heterocycles. The minimum Gasteiger partial charge on any atom is -1.00 e. The SMILES string of the molecule is CCC(CC)(CC)CC[CH2][Al]([Cl])[Cl].[Cl-].[Cl-].[Mg+2]. The summed E-state index contributed by atoms with van der Waals surface area (Å²) in [5, 5.41) is 1.07. The minimum absolute atomic E-state index is 0. The van der Waals surface area contributed by atoms with Gasteiger partial charge < -0.3 is 24.8 Å². The van der Waals surface area contributed by atoms with E-state index in [0.29, 0.717) is 5.41 Å². The maximum absolute atomic E-state index is 5.84. The van der Waals surface area contributed by atoms with Crippen molar-refractivity contribution in [2.24, 2.45) is 5.41 Å². The van der Waals surface area contributed by atoms with E-state index >= 15 is 0 Å². The van der Waals surface area contributed by atoms with E-state index in [4.69, 9.17) is 20.1 Å². The summed E-state index contributed by atoms with van der Waals surface area (Å²) in [7, 11) is 11.7. The van der Waals surface area contributed by atoms with E-state index in [-0.39, 0.29) is 47.9 Å². The summed E-state index contributed by atoms with van der Waals surface area (Å²) in [6, 6.07) is 0. The summed E-state index contributed by atoms with van der Waals surface area (Å²) >= 11 is -1.35. The first kappa shape index (κ1) is 26.9. The Balaban J connectivity index is -0.000000240. The molecule has 0 saturated carbocycles. The second-order valence-corrected chi connectivity index (χ2v) is 9.03. The molecule has 0 nitrogen and oxygen atoms in total. The Morgan fingerprint density at radius 3 is 1.56 bits per heavy atom. The van der Waals surface area contributed by atoms with Gasteiger partial charge in [-0.2, -0.15) is 0 Å². The van der Waals surface area contributed by atoms with Crippen molar-refractivity contribution < 1.29 is 24.8 Å². The molecule has 0 aliphatic rings. The third kappa shape index (κ3) is 11.5. The van der Waals surface area contributed by atoms with Crippen molar-refractivity contribution in [3.63, 3.8) is 0 Å². The molecule has 16 heavy (non-hydrogen) atoms. The monoisotopic (exact) mass is 332 g/mol. The van der Waals surface area contributed by atoms with Gasteiger partial charge in [-0.1, -0.05) is 51.7 Å². The largest absolute Gasteiger partial charge is 2.00 e. The Bertz CT molecular complexity index is 124. The number of hydrogen-bond acceptors (Lipinski definition) is 0. The van der Waals surface area contributed by atoms with E-state index in [2.05, 4.69) is 20.8 Å². The first-order valence-corrected chi connectivity index (χ1v) is 9.69. The molecular weight excluding hydrogens is 313 g/mol. The van der Waals surface area contributed by atoms with Crippen molar-refractivity contribution in [2.75, 3.05) is 0 Å². The predicted molar refractivity (Wildman–Crippen MR) is 70.6 cm³/mol. The van der Waals surface area contributed by atoms with E-state index in [1.807, 2.05) is 0 Å². The maximum atomic E-state index is 5.84. The third-order valence-corrected chi connectivity index (χ3v) is 5.53. The molecule has 0 unspecified atom stereocenters. The van der Waals surface area contributed by atoms with Crippen molar-refractivity contribution in [3.05, 3.63) is 0 Å². The summed E-state index contributed by atoms with van der Waals surface area (Å²) in [5.41, 5.74) is 0.567. The van der Waals surface area contributed by atoms with Crippen LogP contribution in [0.25, 0.3) is 0 Å². The minimum atomic E-state index is -1.35. The van der Waals surface area contributed by atoms with Gasteiger partial charge in [0.2, 0.25) is 0 Å². The quantitative estimate of drug-likeness (QED) is 0.501. The van der Waals surface area contributed by atoms with Crippen LogP contribution in [0.2, 0.25) is 5.28 Å². The van der Waals surface area contributed by atoms with Crippen LogP contribution in [0.3, 0.4) is 0 Å². The summed E-state index contributed by atoms with van der Waals surface area (Å²) < 4.78 is 0. The van der Waals surface area contributed by atoms with Crippen LogP contribution in [0.5, 0.6) is 0 Å². The van der Waals surface area contributed by atoms with Crippen LogP contribution in [-0.4, -0.2) is 35.4 Å². The Morgan fingerprint density at radius 2 is 1.31 bits per heavy atom. The van der Waals surface area contributed by atoms with E-state index in [1.54, 1.807) is 0 Å². The summed E-state index contributed by atoms with van der Waals surface area (Å²) in [5.74, 6) is 0. The summed E-state index contributed by atoms with van der Waals surface area (Å²) in [6.45, 7) is 6.88. The molecule has 0 bridgehead atoms. The zero-order valence-electron chi connectivity index (χ0n) is 10.5.